The molecule has 142 valence electrons. The van der Waals surface area contributed by atoms with Gasteiger partial charge >= 0.3 is 0 Å². The van der Waals surface area contributed by atoms with Gasteiger partial charge in [-0.3, -0.25) is 14.4 Å². The van der Waals surface area contributed by atoms with Gasteiger partial charge in [0.25, 0.3) is 11.5 Å². The Morgan fingerprint density at radius 3 is 2.54 bits per heavy atom. The van der Waals surface area contributed by atoms with Gasteiger partial charge in [-0.25, -0.2) is 4.39 Å². The molecule has 28 heavy (non-hydrogen) atoms. The Morgan fingerprint density at radius 2 is 1.82 bits per heavy atom. The maximum absolute atomic E-state index is 14.0. The van der Waals surface area contributed by atoms with Gasteiger partial charge in [0.05, 0.1) is 12.1 Å². The van der Waals surface area contributed by atoms with Gasteiger partial charge in [-0.05, 0) is 37.3 Å². The van der Waals surface area contributed by atoms with Crippen LogP contribution in [-0.4, -0.2) is 16.3 Å². The normalized spacial score (nSPS) is 10.5. The summed E-state index contributed by atoms with van der Waals surface area (Å²) < 4.78 is 15.2. The molecular formula is C21H16ClFN2O3. The number of nitrogens with one attached hydrogen (secondary N) is 1. The third kappa shape index (κ3) is 4.35. The molecule has 1 N–H and O–H groups in total. The summed E-state index contributed by atoms with van der Waals surface area (Å²) in [6.45, 7) is 1.33. The van der Waals surface area contributed by atoms with Gasteiger partial charge in [0.2, 0.25) is 0 Å². The molecule has 0 aliphatic heterocycles. The molecule has 5 nitrogen and oxygen atoms in total. The number of benzene rings is 2. The van der Waals surface area contributed by atoms with Crippen molar-refractivity contribution in [3.05, 3.63) is 98.7 Å². The van der Waals surface area contributed by atoms with E-state index in [0.29, 0.717) is 11.3 Å². The van der Waals surface area contributed by atoms with Crippen molar-refractivity contribution in [1.29, 1.82) is 0 Å². The lowest BCUT2D eigenvalue weighted by Crippen LogP contribution is -2.23. The van der Waals surface area contributed by atoms with E-state index in [0.717, 1.165) is 0 Å². The van der Waals surface area contributed by atoms with Gasteiger partial charge in [0, 0.05) is 34.1 Å². The molecule has 1 aromatic heterocycles. The van der Waals surface area contributed by atoms with E-state index in [4.69, 9.17) is 11.6 Å². The molecule has 1 heterocycles. The SMILES string of the molecule is CC(=O)c1cccc(NC(=O)c2ccc(=O)n(Cc3c(F)cccc3Cl)c2)c1. The smallest absolute Gasteiger partial charge is 0.257 e. The molecule has 0 spiro atoms. The Kier molecular flexibility index (Phi) is 5.70. The highest BCUT2D eigenvalue weighted by molar-refractivity contribution is 6.31. The van der Waals surface area contributed by atoms with Crippen LogP contribution in [0.25, 0.3) is 0 Å². The van der Waals surface area contributed by atoms with Gasteiger partial charge < -0.3 is 9.88 Å². The van der Waals surface area contributed by atoms with E-state index in [1.54, 1.807) is 24.3 Å². The molecule has 0 aliphatic carbocycles. The number of anilines is 1. The first kappa shape index (κ1) is 19.5. The second-order valence-electron chi connectivity index (χ2n) is 6.18. The number of Topliss-reactive ketones (excluding diaryl/α,β-unsaturated/α-hetero) is 1. The van der Waals surface area contributed by atoms with E-state index in [9.17, 15) is 18.8 Å². The first-order valence-corrected chi connectivity index (χ1v) is 8.78. The summed E-state index contributed by atoms with van der Waals surface area (Å²) in [5.41, 5.74) is 0.900. The molecule has 3 rings (SSSR count). The van der Waals surface area contributed by atoms with Gasteiger partial charge in [-0.15, -0.1) is 0 Å². The average Bonchev–Trinajstić information content (AvgIpc) is 2.66. The van der Waals surface area contributed by atoms with Crippen LogP contribution in [0.4, 0.5) is 10.1 Å². The Balaban J connectivity index is 1.86. The van der Waals surface area contributed by atoms with Crippen LogP contribution in [0.1, 0.15) is 33.2 Å². The second-order valence-corrected chi connectivity index (χ2v) is 6.58. The zero-order chi connectivity index (χ0) is 20.3. The molecule has 0 fully saturated rings. The Morgan fingerprint density at radius 1 is 1.07 bits per heavy atom. The Bertz CT molecular complexity index is 1100. The number of hydrogen-bond acceptors (Lipinski definition) is 3. The molecule has 3 aromatic rings. The second kappa shape index (κ2) is 8.19. The number of pyridine rings is 1. The number of aromatic nitrogens is 1. The van der Waals surface area contributed by atoms with Gasteiger partial charge in [-0.1, -0.05) is 29.8 Å². The molecule has 0 saturated heterocycles. The number of hydrogen-bond donors (Lipinski definition) is 1. The predicted octanol–water partition coefficient (Wildman–Crippen LogP) is 4.14. The van der Waals surface area contributed by atoms with Crippen molar-refractivity contribution in [2.75, 3.05) is 5.32 Å². The number of nitrogens with zero attached hydrogens (tertiary/aromatic N) is 1. The monoisotopic (exact) mass is 398 g/mol. The van der Waals surface area contributed by atoms with Gasteiger partial charge in [-0.2, -0.15) is 0 Å². The molecule has 0 bridgehead atoms. The highest BCUT2D eigenvalue weighted by Crippen LogP contribution is 2.20. The highest BCUT2D eigenvalue weighted by Gasteiger charge is 2.12. The van der Waals surface area contributed by atoms with Gasteiger partial charge in [0.15, 0.2) is 5.78 Å². The maximum Gasteiger partial charge on any atom is 0.257 e. The lowest BCUT2D eigenvalue weighted by molar-refractivity contribution is 0.101. The zero-order valence-corrected chi connectivity index (χ0v) is 15.7. The minimum Gasteiger partial charge on any atom is -0.322 e. The largest absolute Gasteiger partial charge is 0.322 e. The topological polar surface area (TPSA) is 68.2 Å². The van der Waals surface area contributed by atoms with E-state index in [2.05, 4.69) is 5.32 Å². The van der Waals surface area contributed by atoms with Crippen LogP contribution in [0.3, 0.4) is 0 Å². The summed E-state index contributed by atoms with van der Waals surface area (Å²) in [4.78, 5) is 36.1. The zero-order valence-electron chi connectivity index (χ0n) is 14.9. The van der Waals surface area contributed by atoms with E-state index < -0.39 is 17.3 Å². The number of amides is 1. The van der Waals surface area contributed by atoms with Crippen LogP contribution in [0.2, 0.25) is 5.02 Å². The summed E-state index contributed by atoms with van der Waals surface area (Å²) in [7, 11) is 0. The minimum atomic E-state index is -0.532. The number of halogens is 2. The highest BCUT2D eigenvalue weighted by atomic mass is 35.5. The molecular weight excluding hydrogens is 383 g/mol. The Labute approximate surface area is 165 Å². The fourth-order valence-corrected chi connectivity index (χ4v) is 2.88. The van der Waals surface area contributed by atoms with E-state index in [1.165, 1.54) is 48.0 Å². The van der Waals surface area contributed by atoms with Crippen molar-refractivity contribution >= 4 is 29.0 Å². The molecule has 0 unspecified atom stereocenters. The summed E-state index contributed by atoms with van der Waals surface area (Å²) >= 11 is 6.02. The fourth-order valence-electron chi connectivity index (χ4n) is 2.66. The molecule has 2 aromatic carbocycles. The van der Waals surface area contributed by atoms with Crippen molar-refractivity contribution in [3.63, 3.8) is 0 Å². The van der Waals surface area contributed by atoms with Crippen LogP contribution < -0.4 is 10.9 Å². The first-order valence-electron chi connectivity index (χ1n) is 8.41. The Hall–Kier alpha value is -3.25. The molecule has 0 aliphatic rings. The lowest BCUT2D eigenvalue weighted by atomic mass is 10.1. The summed E-state index contributed by atoms with van der Waals surface area (Å²) in [6, 6.07) is 13.4. The molecule has 0 atom stereocenters. The molecule has 1 amide bonds. The fraction of sp³-hybridized carbons (Fsp3) is 0.0952. The molecule has 7 heteroatoms. The third-order valence-corrected chi connectivity index (χ3v) is 4.52. The summed E-state index contributed by atoms with van der Waals surface area (Å²) in [5.74, 6) is -1.12. The number of ketones is 1. The standard InChI is InChI=1S/C21H16ClFN2O3/c1-13(26)14-4-2-5-16(10-14)24-21(28)15-8-9-20(27)25(11-15)12-17-18(22)6-3-7-19(17)23/h2-11H,12H2,1H3,(H,24,28). The van der Waals surface area contributed by atoms with Crippen molar-refractivity contribution in [1.82, 2.24) is 4.57 Å². The number of carbonyl (C=O) groups is 2. The first-order chi connectivity index (χ1) is 13.3. The van der Waals surface area contributed by atoms with Crippen LogP contribution >= 0.6 is 11.6 Å². The molecule has 0 radical (unpaired) electrons. The summed E-state index contributed by atoms with van der Waals surface area (Å²) in [6.07, 6.45) is 1.34. The molecule has 0 saturated carbocycles. The third-order valence-electron chi connectivity index (χ3n) is 4.16. The number of rotatable bonds is 5. The number of carbonyl (C=O) groups excluding carboxylic acids is 2. The van der Waals surface area contributed by atoms with Crippen molar-refractivity contribution < 1.29 is 14.0 Å². The van der Waals surface area contributed by atoms with Crippen molar-refractivity contribution in [2.45, 2.75) is 13.5 Å². The lowest BCUT2D eigenvalue weighted by Gasteiger charge is -2.11. The van der Waals surface area contributed by atoms with E-state index in [1.807, 2.05) is 0 Å². The van der Waals surface area contributed by atoms with Crippen LogP contribution in [-0.2, 0) is 6.54 Å². The van der Waals surface area contributed by atoms with Crippen LogP contribution in [0, 0.1) is 5.82 Å². The quantitative estimate of drug-likeness (QED) is 0.656. The predicted molar refractivity (Wildman–Crippen MR) is 106 cm³/mol. The maximum atomic E-state index is 14.0. The van der Waals surface area contributed by atoms with Crippen LogP contribution in [0.15, 0.2) is 65.6 Å². The van der Waals surface area contributed by atoms with Gasteiger partial charge in [0.1, 0.15) is 5.82 Å². The van der Waals surface area contributed by atoms with E-state index >= 15 is 0 Å². The van der Waals surface area contributed by atoms with Crippen LogP contribution in [0.5, 0.6) is 0 Å². The average molecular weight is 399 g/mol. The van der Waals surface area contributed by atoms with Crippen molar-refractivity contribution in [2.24, 2.45) is 0 Å². The minimum absolute atomic E-state index is 0.106. The summed E-state index contributed by atoms with van der Waals surface area (Å²) in [5, 5.41) is 2.88. The van der Waals surface area contributed by atoms with E-state index in [-0.39, 0.29) is 28.5 Å². The van der Waals surface area contributed by atoms with Crippen molar-refractivity contribution in [3.8, 4) is 0 Å².